The van der Waals surface area contributed by atoms with Crippen molar-refractivity contribution in [2.45, 2.75) is 16.9 Å². The fourth-order valence-electron chi connectivity index (χ4n) is 5.33. The summed E-state index contributed by atoms with van der Waals surface area (Å²) in [5.74, 6) is -1.34. The number of benzene rings is 4. The maximum atomic E-state index is 14.1. The van der Waals surface area contributed by atoms with E-state index < -0.39 is 9.58 Å². The minimum absolute atomic E-state index is 0.151. The summed E-state index contributed by atoms with van der Waals surface area (Å²) in [5.41, 5.74) is 5.14. The molecule has 6 nitrogen and oxygen atoms in total. The number of hydrogen-bond donors (Lipinski definition) is 1. The normalized spacial score (nSPS) is 12.6. The minimum atomic E-state index is -2.12. The van der Waals surface area contributed by atoms with Crippen molar-refractivity contribution >= 4 is 75.4 Å². The second-order valence-corrected chi connectivity index (χ2v) is 12.9. The number of carbonyl (C=O) groups is 3. The molecule has 220 valence electrons. The number of ketones is 1. The van der Waals surface area contributed by atoms with Crippen LogP contribution in [0.1, 0.15) is 42.5 Å². The lowest BCUT2D eigenvalue weighted by molar-refractivity contribution is 0.0980. The second-order valence-electron chi connectivity index (χ2n) is 10.2. The van der Waals surface area contributed by atoms with Crippen molar-refractivity contribution in [1.82, 2.24) is 4.57 Å². The van der Waals surface area contributed by atoms with E-state index >= 15 is 0 Å². The van der Waals surface area contributed by atoms with Gasteiger partial charge in [-0.1, -0.05) is 113 Å². The summed E-state index contributed by atoms with van der Waals surface area (Å²) >= 11 is 24.3. The molecule has 1 N–H and O–H groups in total. The fraction of sp³-hybridized carbons (Fsp3) is 0.0882. The first-order chi connectivity index (χ1) is 21.1. The van der Waals surface area contributed by atoms with Gasteiger partial charge in [-0.15, -0.1) is 0 Å². The lowest BCUT2D eigenvalue weighted by Crippen LogP contribution is -2.30. The van der Waals surface area contributed by atoms with Crippen LogP contribution < -0.4 is 10.2 Å². The van der Waals surface area contributed by atoms with Gasteiger partial charge in [-0.05, 0) is 59.2 Å². The first kappa shape index (κ1) is 30.0. The number of Topliss-reactive ketones (excluding diaryl/α,β-unsaturated/α-hetero) is 1. The Labute approximate surface area is 273 Å². The summed E-state index contributed by atoms with van der Waals surface area (Å²) in [6.45, 7) is 0.449. The van der Waals surface area contributed by atoms with Gasteiger partial charge in [0.15, 0.2) is 0 Å². The van der Waals surface area contributed by atoms with Gasteiger partial charge in [0.1, 0.15) is 0 Å². The molecule has 4 aromatic carbocycles. The molecule has 0 atom stereocenters. The predicted octanol–water partition coefficient (Wildman–Crippen LogP) is 8.82. The predicted molar refractivity (Wildman–Crippen MR) is 176 cm³/mol. The highest BCUT2D eigenvalue weighted by Crippen LogP contribution is 2.35. The van der Waals surface area contributed by atoms with E-state index in [0.717, 1.165) is 16.7 Å². The van der Waals surface area contributed by atoms with E-state index in [0.29, 0.717) is 34.7 Å². The maximum Gasteiger partial charge on any atom is 0.258 e. The second kappa shape index (κ2) is 12.1. The van der Waals surface area contributed by atoms with Crippen LogP contribution in [0.2, 0.25) is 5.02 Å². The lowest BCUT2D eigenvalue weighted by atomic mass is 9.99. The number of aromatic nitrogens is 1. The molecule has 1 aliphatic rings. The Morgan fingerprint density at radius 2 is 1.45 bits per heavy atom. The summed E-state index contributed by atoms with van der Waals surface area (Å²) < 4.78 is -0.365. The fourth-order valence-corrected chi connectivity index (χ4v) is 5.79. The quantitative estimate of drug-likeness (QED) is 0.151. The summed E-state index contributed by atoms with van der Waals surface area (Å²) in [6, 6.07) is 32.4. The van der Waals surface area contributed by atoms with Crippen molar-refractivity contribution in [1.29, 1.82) is 0 Å². The van der Waals surface area contributed by atoms with Crippen LogP contribution in [0, 0.1) is 0 Å². The highest BCUT2D eigenvalue weighted by Gasteiger charge is 2.35. The third-order valence-electron chi connectivity index (χ3n) is 7.46. The Kier molecular flexibility index (Phi) is 8.27. The van der Waals surface area contributed by atoms with Gasteiger partial charge in [-0.2, -0.15) is 0 Å². The Hall–Kier alpha value is -4.07. The van der Waals surface area contributed by atoms with E-state index in [1.165, 1.54) is 0 Å². The number of carbonyl (C=O) groups excluding carboxylic acids is 3. The molecule has 0 saturated carbocycles. The standard InChI is InChI=1S/C34H23Cl4N3O3/c35-27-16-14-22(18-28(27)39-32(43)26-12-6-5-11-25(26)21-8-2-1-3-9-21)33(44)41-20-24-15-17-30(31(42)34(36,37)38)40(24)19-23-10-4-7-13-29(23)41/h1-18H,19-20H2,(H,39,43). The van der Waals surface area contributed by atoms with Crippen molar-refractivity contribution in [2.24, 2.45) is 0 Å². The van der Waals surface area contributed by atoms with Gasteiger partial charge >= 0.3 is 0 Å². The Bertz CT molecular complexity index is 1910. The van der Waals surface area contributed by atoms with Crippen LogP contribution in [0.15, 0.2) is 109 Å². The van der Waals surface area contributed by atoms with Crippen LogP contribution in [0.5, 0.6) is 0 Å². The zero-order chi connectivity index (χ0) is 31.0. The van der Waals surface area contributed by atoms with E-state index in [1.54, 1.807) is 51.9 Å². The van der Waals surface area contributed by atoms with Crippen LogP contribution in [0.25, 0.3) is 11.1 Å². The van der Waals surface area contributed by atoms with Crippen LogP contribution in [0.3, 0.4) is 0 Å². The summed E-state index contributed by atoms with van der Waals surface area (Å²) in [5, 5.41) is 3.18. The molecule has 1 aliphatic heterocycles. The Morgan fingerprint density at radius 1 is 0.750 bits per heavy atom. The average Bonchev–Trinajstić information content (AvgIpc) is 3.33. The summed E-state index contributed by atoms with van der Waals surface area (Å²) in [7, 11) is 0. The number of rotatable bonds is 5. The number of alkyl halides is 3. The van der Waals surface area contributed by atoms with E-state index in [4.69, 9.17) is 46.4 Å². The molecule has 5 aromatic rings. The average molecular weight is 663 g/mol. The van der Waals surface area contributed by atoms with Gasteiger partial charge in [0.2, 0.25) is 5.78 Å². The zero-order valence-electron chi connectivity index (χ0n) is 22.9. The van der Waals surface area contributed by atoms with Crippen molar-refractivity contribution in [2.75, 3.05) is 10.2 Å². The molecule has 6 rings (SSSR count). The van der Waals surface area contributed by atoms with Crippen molar-refractivity contribution < 1.29 is 14.4 Å². The molecule has 2 amide bonds. The molecule has 0 bridgehead atoms. The van der Waals surface area contributed by atoms with Crippen molar-refractivity contribution in [3.63, 3.8) is 0 Å². The largest absolute Gasteiger partial charge is 0.336 e. The summed E-state index contributed by atoms with van der Waals surface area (Å²) in [6.07, 6.45) is 0. The molecule has 0 radical (unpaired) electrons. The summed E-state index contributed by atoms with van der Waals surface area (Å²) in [4.78, 5) is 42.1. The van der Waals surface area contributed by atoms with E-state index in [1.807, 2.05) is 66.7 Å². The van der Waals surface area contributed by atoms with Gasteiger partial charge in [0, 0.05) is 22.5 Å². The van der Waals surface area contributed by atoms with Crippen molar-refractivity contribution in [3.05, 3.63) is 142 Å². The van der Waals surface area contributed by atoms with E-state index in [-0.39, 0.29) is 29.1 Å². The number of para-hydroxylation sites is 1. The van der Waals surface area contributed by atoms with E-state index in [2.05, 4.69) is 5.32 Å². The topological polar surface area (TPSA) is 71.4 Å². The third-order valence-corrected chi connectivity index (χ3v) is 8.30. The highest BCUT2D eigenvalue weighted by molar-refractivity contribution is 6.77. The molecule has 10 heteroatoms. The highest BCUT2D eigenvalue weighted by atomic mass is 35.6. The molecular weight excluding hydrogens is 640 g/mol. The molecule has 0 aliphatic carbocycles. The minimum Gasteiger partial charge on any atom is -0.336 e. The lowest BCUT2D eigenvalue weighted by Gasteiger charge is -2.23. The molecule has 0 unspecified atom stereocenters. The number of fused-ring (bicyclic) bond motifs is 2. The number of hydrogen-bond acceptors (Lipinski definition) is 3. The van der Waals surface area contributed by atoms with Gasteiger partial charge in [0.25, 0.3) is 15.6 Å². The van der Waals surface area contributed by atoms with Gasteiger partial charge in [-0.25, -0.2) is 0 Å². The molecule has 1 aromatic heterocycles. The molecule has 0 spiro atoms. The van der Waals surface area contributed by atoms with Crippen molar-refractivity contribution in [3.8, 4) is 11.1 Å². The van der Waals surface area contributed by atoms with Gasteiger partial charge in [0.05, 0.1) is 29.5 Å². The molecule has 2 heterocycles. The SMILES string of the molecule is O=C(Nc1cc(C(=O)N2Cc3ccc(C(=O)C(Cl)(Cl)Cl)n3Cc3ccccc32)ccc1Cl)c1ccccc1-c1ccccc1. The Morgan fingerprint density at radius 3 is 2.23 bits per heavy atom. The first-order valence-corrected chi connectivity index (χ1v) is 15.1. The van der Waals surface area contributed by atoms with Gasteiger partial charge < -0.3 is 14.8 Å². The number of nitrogens with one attached hydrogen (secondary N) is 1. The number of nitrogens with zero attached hydrogens (tertiary/aromatic N) is 2. The van der Waals surface area contributed by atoms with Crippen LogP contribution in [-0.4, -0.2) is 26.0 Å². The number of amides is 2. The number of anilines is 2. The van der Waals surface area contributed by atoms with E-state index in [9.17, 15) is 14.4 Å². The van der Waals surface area contributed by atoms with Gasteiger partial charge in [-0.3, -0.25) is 14.4 Å². The molecular formula is C34H23Cl4N3O3. The zero-order valence-corrected chi connectivity index (χ0v) is 26.0. The molecule has 0 fully saturated rings. The third kappa shape index (κ3) is 5.86. The monoisotopic (exact) mass is 661 g/mol. The van der Waals surface area contributed by atoms with Crippen LogP contribution in [0.4, 0.5) is 11.4 Å². The number of halogens is 4. The van der Waals surface area contributed by atoms with Crippen LogP contribution in [-0.2, 0) is 13.1 Å². The molecule has 44 heavy (non-hydrogen) atoms. The van der Waals surface area contributed by atoms with Crippen LogP contribution >= 0.6 is 46.4 Å². The first-order valence-electron chi connectivity index (χ1n) is 13.6. The maximum absolute atomic E-state index is 14.1. The smallest absolute Gasteiger partial charge is 0.258 e. The Balaban J connectivity index is 1.33. The molecule has 0 saturated heterocycles.